The minimum Gasteiger partial charge on any atom is -0.224 e. The molecule has 0 atom stereocenters. The van der Waals surface area contributed by atoms with Gasteiger partial charge in [0.15, 0.2) is 0 Å². The van der Waals surface area contributed by atoms with Crippen LogP contribution in [0.2, 0.25) is 0 Å². The number of rotatable bonds is 4. The molecule has 0 aliphatic heterocycles. The molecular formula is C9H15NO2S2. The predicted octanol–water partition coefficient (Wildman–Crippen LogP) is 1.98. The van der Waals surface area contributed by atoms with Crippen molar-refractivity contribution in [3.63, 3.8) is 0 Å². The van der Waals surface area contributed by atoms with Crippen molar-refractivity contribution >= 4 is 21.4 Å². The summed E-state index contributed by atoms with van der Waals surface area (Å²) in [6, 6.07) is 3.42. The van der Waals surface area contributed by atoms with Gasteiger partial charge in [-0.25, -0.2) is 13.6 Å². The van der Waals surface area contributed by atoms with E-state index < -0.39 is 10.0 Å². The summed E-state index contributed by atoms with van der Waals surface area (Å²) >= 11 is 1.27. The van der Waals surface area contributed by atoms with Gasteiger partial charge in [-0.2, -0.15) is 0 Å². The molecule has 0 aliphatic rings. The molecule has 1 heterocycles. The second kappa shape index (κ2) is 4.42. The summed E-state index contributed by atoms with van der Waals surface area (Å²) in [4.78, 5) is 1.09. The maximum atomic E-state index is 11.0. The van der Waals surface area contributed by atoms with Crippen LogP contribution in [-0.4, -0.2) is 8.42 Å². The summed E-state index contributed by atoms with van der Waals surface area (Å²) in [7, 11) is -3.50. The Bertz CT molecular complexity index is 393. The third kappa shape index (κ3) is 3.40. The van der Waals surface area contributed by atoms with Gasteiger partial charge >= 0.3 is 0 Å². The quantitative estimate of drug-likeness (QED) is 0.864. The molecule has 0 spiro atoms. The van der Waals surface area contributed by atoms with Crippen molar-refractivity contribution in [3.05, 3.63) is 17.0 Å². The number of sulfonamides is 1. The lowest BCUT2D eigenvalue weighted by atomic mass is 10.1. The Morgan fingerprint density at radius 2 is 2.07 bits per heavy atom. The van der Waals surface area contributed by atoms with Gasteiger partial charge < -0.3 is 0 Å². The molecule has 80 valence electrons. The molecule has 3 nitrogen and oxygen atoms in total. The van der Waals surface area contributed by atoms with Crippen LogP contribution in [0, 0.1) is 5.92 Å². The highest BCUT2D eigenvalue weighted by atomic mass is 32.2. The molecule has 0 fully saturated rings. The Kier molecular flexibility index (Phi) is 3.69. The van der Waals surface area contributed by atoms with E-state index in [0.29, 0.717) is 5.92 Å². The standard InChI is InChI=1S/C9H15NO2S2/c1-7(2)3-4-8-5-6-9(13-8)14(10,11)12/h5-7H,3-4H2,1-2H3,(H2,10,11,12). The van der Waals surface area contributed by atoms with Gasteiger partial charge in [0.1, 0.15) is 4.21 Å². The molecule has 0 unspecified atom stereocenters. The van der Waals surface area contributed by atoms with E-state index >= 15 is 0 Å². The van der Waals surface area contributed by atoms with Crippen LogP contribution >= 0.6 is 11.3 Å². The van der Waals surface area contributed by atoms with Crippen molar-refractivity contribution in [1.82, 2.24) is 0 Å². The highest BCUT2D eigenvalue weighted by Gasteiger charge is 2.10. The summed E-state index contributed by atoms with van der Waals surface area (Å²) in [5, 5.41) is 5.01. The van der Waals surface area contributed by atoms with Gasteiger partial charge in [0, 0.05) is 4.88 Å². The predicted molar refractivity (Wildman–Crippen MR) is 58.9 cm³/mol. The molecule has 0 bridgehead atoms. The molecule has 14 heavy (non-hydrogen) atoms. The van der Waals surface area contributed by atoms with Gasteiger partial charge in [-0.3, -0.25) is 0 Å². The minimum absolute atomic E-state index is 0.260. The number of hydrogen-bond acceptors (Lipinski definition) is 3. The zero-order chi connectivity index (χ0) is 10.8. The van der Waals surface area contributed by atoms with E-state index in [1.807, 2.05) is 6.07 Å². The van der Waals surface area contributed by atoms with Crippen LogP contribution < -0.4 is 5.14 Å². The smallest absolute Gasteiger partial charge is 0.224 e. The highest BCUT2D eigenvalue weighted by molar-refractivity contribution is 7.91. The van der Waals surface area contributed by atoms with Crippen LogP contribution in [0.15, 0.2) is 16.3 Å². The number of aryl methyl sites for hydroxylation is 1. The van der Waals surface area contributed by atoms with Crippen LogP contribution in [0.1, 0.15) is 25.1 Å². The lowest BCUT2D eigenvalue weighted by Crippen LogP contribution is -2.09. The van der Waals surface area contributed by atoms with Crippen molar-refractivity contribution in [2.45, 2.75) is 30.9 Å². The fourth-order valence-electron chi connectivity index (χ4n) is 1.08. The average Bonchev–Trinajstić information content (AvgIpc) is 2.47. The first-order chi connectivity index (χ1) is 6.39. The minimum atomic E-state index is -3.50. The summed E-state index contributed by atoms with van der Waals surface area (Å²) in [6.07, 6.45) is 2.00. The molecule has 0 radical (unpaired) electrons. The lowest BCUT2D eigenvalue weighted by molar-refractivity contribution is 0.590. The van der Waals surface area contributed by atoms with E-state index in [-0.39, 0.29) is 4.21 Å². The number of nitrogens with two attached hydrogens (primary N) is 1. The van der Waals surface area contributed by atoms with Crippen LogP contribution in [0.5, 0.6) is 0 Å². The van der Waals surface area contributed by atoms with Gasteiger partial charge in [-0.15, -0.1) is 11.3 Å². The second-order valence-corrected chi connectivity index (χ2v) is 6.65. The maximum absolute atomic E-state index is 11.0. The first-order valence-electron chi connectivity index (χ1n) is 4.51. The van der Waals surface area contributed by atoms with Gasteiger partial charge in [-0.05, 0) is 30.9 Å². The van der Waals surface area contributed by atoms with Gasteiger partial charge in [0.25, 0.3) is 0 Å². The summed E-state index contributed by atoms with van der Waals surface area (Å²) in [5.41, 5.74) is 0. The van der Waals surface area contributed by atoms with E-state index in [2.05, 4.69) is 13.8 Å². The molecule has 0 amide bonds. The molecule has 1 aromatic rings. The number of primary sulfonamides is 1. The topological polar surface area (TPSA) is 60.2 Å². The van der Waals surface area contributed by atoms with Crippen LogP contribution in [-0.2, 0) is 16.4 Å². The molecule has 0 saturated carbocycles. The SMILES string of the molecule is CC(C)CCc1ccc(S(N)(=O)=O)s1. The van der Waals surface area contributed by atoms with Gasteiger partial charge in [-0.1, -0.05) is 13.8 Å². The first kappa shape index (κ1) is 11.7. The molecule has 2 N–H and O–H groups in total. The highest BCUT2D eigenvalue weighted by Crippen LogP contribution is 2.22. The summed E-state index contributed by atoms with van der Waals surface area (Å²) in [6.45, 7) is 4.29. The average molecular weight is 233 g/mol. The first-order valence-corrected chi connectivity index (χ1v) is 6.87. The fraction of sp³-hybridized carbons (Fsp3) is 0.556. The molecule has 1 aromatic heterocycles. The zero-order valence-corrected chi connectivity index (χ0v) is 9.99. The van der Waals surface area contributed by atoms with Crippen molar-refractivity contribution in [3.8, 4) is 0 Å². The van der Waals surface area contributed by atoms with E-state index in [1.54, 1.807) is 6.07 Å². The van der Waals surface area contributed by atoms with Gasteiger partial charge in [0.05, 0.1) is 0 Å². The van der Waals surface area contributed by atoms with E-state index in [9.17, 15) is 8.42 Å². The fourth-order valence-corrected chi connectivity index (χ4v) is 2.87. The Morgan fingerprint density at radius 1 is 1.43 bits per heavy atom. The molecule has 0 saturated heterocycles. The van der Waals surface area contributed by atoms with Crippen LogP contribution in [0.3, 0.4) is 0 Å². The van der Waals surface area contributed by atoms with Gasteiger partial charge in [0.2, 0.25) is 10.0 Å². The summed E-state index contributed by atoms with van der Waals surface area (Å²) in [5.74, 6) is 0.634. The monoisotopic (exact) mass is 233 g/mol. The Labute approximate surface area is 89.0 Å². The zero-order valence-electron chi connectivity index (χ0n) is 8.36. The van der Waals surface area contributed by atoms with E-state index in [0.717, 1.165) is 17.7 Å². The van der Waals surface area contributed by atoms with E-state index in [1.165, 1.54) is 11.3 Å². The van der Waals surface area contributed by atoms with Crippen LogP contribution in [0.4, 0.5) is 0 Å². The Balaban J connectivity index is 2.70. The van der Waals surface area contributed by atoms with Crippen LogP contribution in [0.25, 0.3) is 0 Å². The third-order valence-corrected chi connectivity index (χ3v) is 4.47. The van der Waals surface area contributed by atoms with E-state index in [4.69, 9.17) is 5.14 Å². The van der Waals surface area contributed by atoms with Crippen molar-refractivity contribution in [1.29, 1.82) is 0 Å². The van der Waals surface area contributed by atoms with Crippen molar-refractivity contribution in [2.75, 3.05) is 0 Å². The molecule has 5 heteroatoms. The lowest BCUT2D eigenvalue weighted by Gasteiger charge is -2.00. The summed E-state index contributed by atoms with van der Waals surface area (Å²) < 4.78 is 22.2. The molecule has 0 aliphatic carbocycles. The normalized spacial score (nSPS) is 12.3. The maximum Gasteiger partial charge on any atom is 0.247 e. The molecule has 0 aromatic carbocycles. The Morgan fingerprint density at radius 3 is 2.50 bits per heavy atom. The molecule has 1 rings (SSSR count). The second-order valence-electron chi connectivity index (χ2n) is 3.70. The van der Waals surface area contributed by atoms with Crippen molar-refractivity contribution < 1.29 is 8.42 Å². The third-order valence-electron chi connectivity index (χ3n) is 1.89. The number of hydrogen-bond donors (Lipinski definition) is 1. The largest absolute Gasteiger partial charge is 0.247 e. The Hall–Kier alpha value is -0.390. The molecular weight excluding hydrogens is 218 g/mol. The number of thiophene rings is 1. The van der Waals surface area contributed by atoms with Crippen molar-refractivity contribution in [2.24, 2.45) is 11.1 Å².